The van der Waals surface area contributed by atoms with Crippen LogP contribution >= 0.6 is 23.2 Å². The van der Waals surface area contributed by atoms with E-state index in [2.05, 4.69) is 5.32 Å². The smallest absolute Gasteiger partial charge is 0.242 e. The minimum atomic E-state index is -3.65. The van der Waals surface area contributed by atoms with Crippen molar-refractivity contribution < 1.29 is 22.7 Å². The highest BCUT2D eigenvalue weighted by Gasteiger charge is 2.28. The Morgan fingerprint density at radius 2 is 1.68 bits per heavy atom. The summed E-state index contributed by atoms with van der Waals surface area (Å²) in [6.45, 7) is 5.59. The molecule has 204 valence electrons. The fourth-order valence-corrected chi connectivity index (χ4v) is 5.21. The summed E-state index contributed by atoms with van der Waals surface area (Å²) in [6, 6.07) is 11.0. The van der Waals surface area contributed by atoms with Crippen molar-refractivity contribution in [2.45, 2.75) is 58.7 Å². The van der Waals surface area contributed by atoms with Crippen molar-refractivity contribution in [3.05, 3.63) is 58.1 Å². The molecule has 37 heavy (non-hydrogen) atoms. The molecule has 2 rings (SSSR count). The van der Waals surface area contributed by atoms with Crippen molar-refractivity contribution in [2.24, 2.45) is 0 Å². The second-order valence-electron chi connectivity index (χ2n) is 8.83. The number of carbonyl (C=O) groups is 2. The van der Waals surface area contributed by atoms with Crippen LogP contribution in [-0.4, -0.2) is 57.1 Å². The molecule has 0 aliphatic rings. The van der Waals surface area contributed by atoms with Crippen LogP contribution in [0, 0.1) is 0 Å². The first-order chi connectivity index (χ1) is 17.4. The number of anilines is 1. The monoisotopic (exact) mass is 571 g/mol. The average Bonchev–Trinajstić information content (AvgIpc) is 2.85. The lowest BCUT2D eigenvalue weighted by molar-refractivity contribution is -0.140. The third-order valence-corrected chi connectivity index (χ3v) is 7.95. The Kier molecular flexibility index (Phi) is 11.5. The quantitative estimate of drug-likeness (QED) is 0.369. The molecule has 0 fully saturated rings. The van der Waals surface area contributed by atoms with E-state index in [9.17, 15) is 18.0 Å². The van der Waals surface area contributed by atoms with Gasteiger partial charge in [-0.1, -0.05) is 48.3 Å². The third kappa shape index (κ3) is 8.51. The van der Waals surface area contributed by atoms with E-state index in [0.29, 0.717) is 27.0 Å². The molecular weight excluding hydrogens is 537 g/mol. The highest BCUT2D eigenvalue weighted by atomic mass is 35.5. The number of rotatable bonds is 13. The number of sulfonamides is 1. The van der Waals surface area contributed by atoms with Crippen molar-refractivity contribution >= 4 is 50.7 Å². The van der Waals surface area contributed by atoms with E-state index in [0.717, 1.165) is 12.7 Å². The standard InChI is InChI=1S/C26H35Cl2N3O5S/c1-6-18(2)29-26(33)19(3)30(17-20-21(27)11-9-12-22(20)28)25(32)15-10-16-31(37(5,34)35)23-13-7-8-14-24(23)36-4/h7-9,11-14,18-19H,6,10,15-17H2,1-5H3,(H,29,33)/t18-,19-/m1/s1. The number of amides is 2. The van der Waals surface area contributed by atoms with Crippen LogP contribution in [0.4, 0.5) is 5.69 Å². The van der Waals surface area contributed by atoms with Gasteiger partial charge < -0.3 is 15.0 Å². The Morgan fingerprint density at radius 1 is 1.05 bits per heavy atom. The maximum Gasteiger partial charge on any atom is 0.242 e. The summed E-state index contributed by atoms with van der Waals surface area (Å²) in [5, 5.41) is 3.68. The number of carbonyl (C=O) groups excluding carboxylic acids is 2. The lowest BCUT2D eigenvalue weighted by atomic mass is 10.1. The summed E-state index contributed by atoms with van der Waals surface area (Å²) in [5.74, 6) is -0.210. The number of hydrogen-bond donors (Lipinski definition) is 1. The van der Waals surface area contributed by atoms with Gasteiger partial charge in [0.15, 0.2) is 0 Å². The zero-order valence-corrected chi connectivity index (χ0v) is 24.2. The Hall–Kier alpha value is -2.49. The average molecular weight is 573 g/mol. The van der Waals surface area contributed by atoms with Crippen LogP contribution in [0.25, 0.3) is 0 Å². The Labute approximate surface area is 229 Å². The number of para-hydroxylation sites is 2. The van der Waals surface area contributed by atoms with E-state index in [4.69, 9.17) is 27.9 Å². The molecule has 1 N–H and O–H groups in total. The van der Waals surface area contributed by atoms with Gasteiger partial charge in [-0.05, 0) is 51.0 Å². The van der Waals surface area contributed by atoms with Gasteiger partial charge in [0.2, 0.25) is 21.8 Å². The van der Waals surface area contributed by atoms with E-state index in [1.807, 2.05) is 13.8 Å². The van der Waals surface area contributed by atoms with Gasteiger partial charge in [-0.25, -0.2) is 8.42 Å². The van der Waals surface area contributed by atoms with Crippen molar-refractivity contribution in [3.63, 3.8) is 0 Å². The van der Waals surface area contributed by atoms with Gasteiger partial charge in [0.1, 0.15) is 11.8 Å². The van der Waals surface area contributed by atoms with E-state index in [1.165, 1.54) is 16.3 Å². The second-order valence-corrected chi connectivity index (χ2v) is 11.5. The van der Waals surface area contributed by atoms with Gasteiger partial charge in [-0.3, -0.25) is 13.9 Å². The van der Waals surface area contributed by atoms with Crippen LogP contribution in [-0.2, 0) is 26.2 Å². The van der Waals surface area contributed by atoms with Crippen LogP contribution in [0.3, 0.4) is 0 Å². The highest BCUT2D eigenvalue weighted by Crippen LogP contribution is 2.30. The van der Waals surface area contributed by atoms with Gasteiger partial charge in [-0.2, -0.15) is 0 Å². The van der Waals surface area contributed by atoms with E-state index in [-0.39, 0.29) is 43.8 Å². The number of nitrogens with one attached hydrogen (secondary N) is 1. The molecule has 0 saturated carbocycles. The summed E-state index contributed by atoms with van der Waals surface area (Å²) >= 11 is 12.7. The Balaban J connectivity index is 2.26. The van der Waals surface area contributed by atoms with Crippen molar-refractivity contribution in [2.75, 3.05) is 24.2 Å². The number of hydrogen-bond acceptors (Lipinski definition) is 5. The highest BCUT2D eigenvalue weighted by molar-refractivity contribution is 7.92. The molecule has 11 heteroatoms. The Bertz CT molecular complexity index is 1170. The third-order valence-electron chi connectivity index (χ3n) is 6.06. The van der Waals surface area contributed by atoms with Crippen LogP contribution in [0.2, 0.25) is 10.0 Å². The summed E-state index contributed by atoms with van der Waals surface area (Å²) < 4.78 is 31.6. The molecule has 0 radical (unpaired) electrons. The molecule has 0 bridgehead atoms. The maximum absolute atomic E-state index is 13.4. The molecule has 2 amide bonds. The fraction of sp³-hybridized carbons (Fsp3) is 0.462. The van der Waals surface area contributed by atoms with Crippen molar-refractivity contribution in [1.29, 1.82) is 0 Å². The van der Waals surface area contributed by atoms with Crippen LogP contribution < -0.4 is 14.4 Å². The molecule has 0 unspecified atom stereocenters. The zero-order valence-electron chi connectivity index (χ0n) is 21.8. The first kappa shape index (κ1) is 30.7. The topological polar surface area (TPSA) is 96.0 Å². The lowest BCUT2D eigenvalue weighted by Gasteiger charge is -2.31. The number of ether oxygens (including phenoxy) is 1. The molecule has 8 nitrogen and oxygen atoms in total. The first-order valence-corrected chi connectivity index (χ1v) is 14.6. The van der Waals surface area contributed by atoms with E-state index >= 15 is 0 Å². The van der Waals surface area contributed by atoms with Crippen molar-refractivity contribution in [3.8, 4) is 5.75 Å². The normalized spacial score (nSPS) is 12.9. The molecule has 0 aromatic heterocycles. The molecular formula is C26H35Cl2N3O5S. The molecule has 2 aromatic rings. The predicted octanol–water partition coefficient (Wildman–Crippen LogP) is 4.88. The lowest BCUT2D eigenvalue weighted by Crippen LogP contribution is -2.49. The number of halogens is 2. The van der Waals surface area contributed by atoms with Gasteiger partial charge in [0.25, 0.3) is 0 Å². The van der Waals surface area contributed by atoms with Gasteiger partial charge in [-0.15, -0.1) is 0 Å². The largest absolute Gasteiger partial charge is 0.495 e. The number of methoxy groups -OCH3 is 1. The maximum atomic E-state index is 13.4. The molecule has 2 atom stereocenters. The molecule has 0 saturated heterocycles. The van der Waals surface area contributed by atoms with Crippen molar-refractivity contribution in [1.82, 2.24) is 10.2 Å². The van der Waals surface area contributed by atoms with Gasteiger partial charge in [0, 0.05) is 41.2 Å². The zero-order chi connectivity index (χ0) is 27.8. The van der Waals surface area contributed by atoms with Gasteiger partial charge in [0.05, 0.1) is 19.1 Å². The minimum absolute atomic E-state index is 0.00416. The van der Waals surface area contributed by atoms with Crippen LogP contribution in [0.15, 0.2) is 42.5 Å². The summed E-state index contributed by atoms with van der Waals surface area (Å²) in [7, 11) is -2.18. The molecule has 0 spiro atoms. The minimum Gasteiger partial charge on any atom is -0.495 e. The Morgan fingerprint density at radius 3 is 2.24 bits per heavy atom. The fourth-order valence-electron chi connectivity index (χ4n) is 3.72. The summed E-state index contributed by atoms with van der Waals surface area (Å²) in [6.07, 6.45) is 2.07. The number of nitrogens with zero attached hydrogens (tertiary/aromatic N) is 2. The molecule has 0 aliphatic carbocycles. The summed E-state index contributed by atoms with van der Waals surface area (Å²) in [5.41, 5.74) is 0.926. The summed E-state index contributed by atoms with van der Waals surface area (Å²) in [4.78, 5) is 27.8. The SMILES string of the molecule is CC[C@@H](C)NC(=O)[C@@H](C)N(Cc1c(Cl)cccc1Cl)C(=O)CCCN(c1ccccc1OC)S(C)(=O)=O. The number of benzene rings is 2. The molecule has 2 aromatic carbocycles. The predicted molar refractivity (Wildman–Crippen MR) is 149 cm³/mol. The van der Waals surface area contributed by atoms with Crippen LogP contribution in [0.1, 0.15) is 45.6 Å². The first-order valence-electron chi connectivity index (χ1n) is 12.0. The van der Waals surface area contributed by atoms with E-state index in [1.54, 1.807) is 49.4 Å². The molecule has 0 aliphatic heterocycles. The van der Waals surface area contributed by atoms with E-state index < -0.39 is 16.1 Å². The van der Waals surface area contributed by atoms with Crippen LogP contribution in [0.5, 0.6) is 5.75 Å². The molecule has 0 heterocycles. The second kappa shape index (κ2) is 13.9. The van der Waals surface area contributed by atoms with Gasteiger partial charge >= 0.3 is 0 Å².